The number of fused-ring (bicyclic) bond motifs is 1. The molecule has 0 radical (unpaired) electrons. The molecule has 0 saturated carbocycles. The molecule has 0 aliphatic carbocycles. The maximum Gasteiger partial charge on any atom is 0.154 e. The molecule has 3 aromatic rings. The number of rotatable bonds is 10. The monoisotopic (exact) mass is 422 g/mol. The first-order valence-corrected chi connectivity index (χ1v) is 11.1. The fourth-order valence-corrected chi connectivity index (χ4v) is 3.43. The van der Waals surface area contributed by atoms with Gasteiger partial charge in [0, 0.05) is 17.0 Å². The quantitative estimate of drug-likeness (QED) is 0.365. The van der Waals surface area contributed by atoms with Gasteiger partial charge >= 0.3 is 0 Å². The number of hydrogen-bond donors (Lipinski definition) is 2. The average molecular weight is 423 g/mol. The van der Waals surface area contributed by atoms with Gasteiger partial charge in [0.15, 0.2) is 5.82 Å². The van der Waals surface area contributed by atoms with Crippen LogP contribution in [0.15, 0.2) is 42.5 Å². The molecular formula is C25H31ClN4. The van der Waals surface area contributed by atoms with Crippen molar-refractivity contribution >= 4 is 40.5 Å². The molecule has 3 rings (SSSR count). The second-order valence-electron chi connectivity index (χ2n) is 7.88. The summed E-state index contributed by atoms with van der Waals surface area (Å²) in [6, 6.07) is 14.2. The van der Waals surface area contributed by atoms with Crippen LogP contribution in [0.3, 0.4) is 0 Å². The Morgan fingerprint density at radius 1 is 0.967 bits per heavy atom. The van der Waals surface area contributed by atoms with Crippen molar-refractivity contribution in [1.29, 1.82) is 0 Å². The lowest BCUT2D eigenvalue weighted by molar-refractivity contribution is 0.661. The average Bonchev–Trinajstić information content (AvgIpc) is 2.75. The molecule has 158 valence electrons. The smallest absolute Gasteiger partial charge is 0.154 e. The van der Waals surface area contributed by atoms with E-state index >= 15 is 0 Å². The molecule has 0 amide bonds. The lowest BCUT2D eigenvalue weighted by Crippen LogP contribution is -2.06. The number of halogens is 1. The molecule has 0 aliphatic heterocycles. The van der Waals surface area contributed by atoms with Crippen molar-refractivity contribution in [3.05, 3.63) is 64.4 Å². The predicted octanol–water partition coefficient (Wildman–Crippen LogP) is 6.51. The molecule has 0 atom stereocenters. The summed E-state index contributed by atoms with van der Waals surface area (Å²) in [7, 11) is 0. The van der Waals surface area contributed by atoms with E-state index in [9.17, 15) is 0 Å². The molecule has 0 unspecified atom stereocenters. The SMILES string of the molecule is CC(C)c1ccc2nc(/C=C/c3ccc(Cl)cc3)nc(NCCCCCCN)c2c1. The highest BCUT2D eigenvalue weighted by molar-refractivity contribution is 6.30. The number of nitrogens with two attached hydrogens (primary N) is 1. The van der Waals surface area contributed by atoms with E-state index in [2.05, 4.69) is 37.4 Å². The van der Waals surface area contributed by atoms with Crippen LogP contribution in [0, 0.1) is 0 Å². The number of nitrogens with zero attached hydrogens (tertiary/aromatic N) is 2. The summed E-state index contributed by atoms with van der Waals surface area (Å²) in [6.07, 6.45) is 8.50. The highest BCUT2D eigenvalue weighted by atomic mass is 35.5. The summed E-state index contributed by atoms with van der Waals surface area (Å²) >= 11 is 5.98. The molecule has 30 heavy (non-hydrogen) atoms. The van der Waals surface area contributed by atoms with E-state index in [1.807, 2.05) is 36.4 Å². The first-order valence-electron chi connectivity index (χ1n) is 10.8. The van der Waals surface area contributed by atoms with Crippen LogP contribution in [-0.4, -0.2) is 23.1 Å². The minimum atomic E-state index is 0.461. The zero-order valence-corrected chi connectivity index (χ0v) is 18.6. The lowest BCUT2D eigenvalue weighted by atomic mass is 10.0. The van der Waals surface area contributed by atoms with Crippen LogP contribution in [0.25, 0.3) is 23.1 Å². The van der Waals surface area contributed by atoms with Crippen molar-refractivity contribution in [2.75, 3.05) is 18.4 Å². The molecule has 0 spiro atoms. The first-order chi connectivity index (χ1) is 14.6. The molecule has 2 aromatic carbocycles. The zero-order chi connectivity index (χ0) is 21.3. The Labute approximate surface area is 184 Å². The van der Waals surface area contributed by atoms with Crippen molar-refractivity contribution in [3.8, 4) is 0 Å². The third-order valence-corrected chi connectivity index (χ3v) is 5.37. The van der Waals surface area contributed by atoms with Crippen LogP contribution in [0.1, 0.15) is 62.4 Å². The Hall–Kier alpha value is -2.43. The Kier molecular flexibility index (Phi) is 8.23. The Bertz CT molecular complexity index is 980. The number of hydrogen-bond acceptors (Lipinski definition) is 4. The summed E-state index contributed by atoms with van der Waals surface area (Å²) in [4.78, 5) is 9.57. The number of unbranched alkanes of at least 4 members (excludes halogenated alkanes) is 3. The minimum Gasteiger partial charge on any atom is -0.369 e. The predicted molar refractivity (Wildman–Crippen MR) is 130 cm³/mol. The number of nitrogens with one attached hydrogen (secondary N) is 1. The maximum absolute atomic E-state index is 5.98. The fraction of sp³-hybridized carbons (Fsp3) is 0.360. The molecule has 5 heteroatoms. The largest absolute Gasteiger partial charge is 0.369 e. The molecule has 0 saturated heterocycles. The third-order valence-electron chi connectivity index (χ3n) is 5.12. The Morgan fingerprint density at radius 3 is 2.47 bits per heavy atom. The molecule has 0 fully saturated rings. The molecule has 4 nitrogen and oxygen atoms in total. The van der Waals surface area contributed by atoms with E-state index in [1.54, 1.807) is 0 Å². The minimum absolute atomic E-state index is 0.461. The summed E-state index contributed by atoms with van der Waals surface area (Å²) in [6.45, 7) is 6.07. The van der Waals surface area contributed by atoms with Gasteiger partial charge in [0.2, 0.25) is 0 Å². The molecular weight excluding hydrogens is 392 g/mol. The molecule has 0 aliphatic rings. The van der Waals surface area contributed by atoms with Crippen LogP contribution in [0.2, 0.25) is 5.02 Å². The zero-order valence-electron chi connectivity index (χ0n) is 17.9. The summed E-state index contributed by atoms with van der Waals surface area (Å²) < 4.78 is 0. The van der Waals surface area contributed by atoms with Gasteiger partial charge in [-0.3, -0.25) is 0 Å². The summed E-state index contributed by atoms with van der Waals surface area (Å²) in [5.41, 5.74) is 8.89. The van der Waals surface area contributed by atoms with E-state index in [-0.39, 0.29) is 0 Å². The Balaban J connectivity index is 1.84. The van der Waals surface area contributed by atoms with Crippen LogP contribution in [0.4, 0.5) is 5.82 Å². The van der Waals surface area contributed by atoms with Crippen LogP contribution < -0.4 is 11.1 Å². The van der Waals surface area contributed by atoms with Crippen LogP contribution in [-0.2, 0) is 0 Å². The van der Waals surface area contributed by atoms with Gasteiger partial charge < -0.3 is 11.1 Å². The number of anilines is 1. The maximum atomic E-state index is 5.98. The summed E-state index contributed by atoms with van der Waals surface area (Å²) in [5, 5.41) is 5.35. The topological polar surface area (TPSA) is 63.8 Å². The van der Waals surface area contributed by atoms with Crippen LogP contribution >= 0.6 is 11.6 Å². The molecule has 3 N–H and O–H groups in total. The standard InChI is InChI=1S/C25H31ClN4/c1-18(2)20-10-13-23-22(17-20)25(28-16-6-4-3-5-15-27)30-24(29-23)14-9-19-7-11-21(26)12-8-19/h7-14,17-18H,3-6,15-16,27H2,1-2H3,(H,28,29,30)/b14-9+. The molecule has 1 heterocycles. The summed E-state index contributed by atoms with van der Waals surface area (Å²) in [5.74, 6) is 2.06. The van der Waals surface area contributed by atoms with Crippen LogP contribution in [0.5, 0.6) is 0 Å². The van der Waals surface area contributed by atoms with Crippen molar-refractivity contribution in [2.45, 2.75) is 45.4 Å². The van der Waals surface area contributed by atoms with E-state index < -0.39 is 0 Å². The van der Waals surface area contributed by atoms with Crippen molar-refractivity contribution in [3.63, 3.8) is 0 Å². The van der Waals surface area contributed by atoms with Crippen molar-refractivity contribution in [1.82, 2.24) is 9.97 Å². The van der Waals surface area contributed by atoms with E-state index in [1.165, 1.54) is 18.4 Å². The normalized spacial score (nSPS) is 11.6. The van der Waals surface area contributed by atoms with Crippen molar-refractivity contribution < 1.29 is 0 Å². The van der Waals surface area contributed by atoms with E-state index in [0.29, 0.717) is 11.7 Å². The van der Waals surface area contributed by atoms with Gasteiger partial charge in [0.1, 0.15) is 5.82 Å². The molecule has 1 aromatic heterocycles. The number of benzene rings is 2. The van der Waals surface area contributed by atoms with Gasteiger partial charge in [-0.15, -0.1) is 0 Å². The Morgan fingerprint density at radius 2 is 1.73 bits per heavy atom. The van der Waals surface area contributed by atoms with Gasteiger partial charge in [-0.05, 0) is 66.8 Å². The van der Waals surface area contributed by atoms with Gasteiger partial charge in [-0.2, -0.15) is 0 Å². The highest BCUT2D eigenvalue weighted by Crippen LogP contribution is 2.26. The molecule has 0 bridgehead atoms. The highest BCUT2D eigenvalue weighted by Gasteiger charge is 2.09. The van der Waals surface area contributed by atoms with Gasteiger partial charge in [-0.25, -0.2) is 9.97 Å². The van der Waals surface area contributed by atoms with E-state index in [0.717, 1.165) is 53.2 Å². The van der Waals surface area contributed by atoms with Gasteiger partial charge in [0.25, 0.3) is 0 Å². The second kappa shape index (κ2) is 11.1. The second-order valence-corrected chi connectivity index (χ2v) is 8.31. The van der Waals surface area contributed by atoms with Gasteiger partial charge in [-0.1, -0.05) is 62.6 Å². The van der Waals surface area contributed by atoms with Crippen molar-refractivity contribution in [2.24, 2.45) is 5.73 Å². The first kappa shape index (κ1) is 22.3. The van der Waals surface area contributed by atoms with Gasteiger partial charge in [0.05, 0.1) is 5.52 Å². The van der Waals surface area contributed by atoms with E-state index in [4.69, 9.17) is 27.3 Å². The fourth-order valence-electron chi connectivity index (χ4n) is 3.31. The number of aromatic nitrogens is 2. The third kappa shape index (κ3) is 6.28. The lowest BCUT2D eigenvalue weighted by Gasteiger charge is -2.12.